The molecule has 0 amide bonds. The molecule has 3 rings (SSSR count). The summed E-state index contributed by atoms with van der Waals surface area (Å²) >= 11 is 0. The largest absolute Gasteiger partial charge is 0.461 e. The molecule has 0 aromatic heterocycles. The predicted molar refractivity (Wildman–Crippen MR) is 100 cm³/mol. The maximum atomic E-state index is 13.0. The molecule has 26 heavy (non-hydrogen) atoms. The summed E-state index contributed by atoms with van der Waals surface area (Å²) in [6.45, 7) is 5.97. The van der Waals surface area contributed by atoms with Crippen LogP contribution in [0.25, 0.3) is 0 Å². The summed E-state index contributed by atoms with van der Waals surface area (Å²) < 4.78 is 5.13. The van der Waals surface area contributed by atoms with Crippen molar-refractivity contribution < 1.29 is 14.3 Å². The number of nitrogens with one attached hydrogen (secondary N) is 1. The molecule has 0 fully saturated rings. The number of hydrogen-bond acceptors (Lipinski definition) is 5. The van der Waals surface area contributed by atoms with Crippen molar-refractivity contribution in [1.29, 1.82) is 0 Å². The van der Waals surface area contributed by atoms with E-state index < -0.39 is 17.9 Å². The number of ether oxygens (including phenoxy) is 1. The van der Waals surface area contributed by atoms with Gasteiger partial charge in [-0.2, -0.15) is 5.10 Å². The monoisotopic (exact) mass is 350 g/mol. The van der Waals surface area contributed by atoms with E-state index in [1.807, 2.05) is 50.2 Å². The van der Waals surface area contributed by atoms with Crippen LogP contribution in [0.3, 0.4) is 0 Å². The number of esters is 1. The lowest BCUT2D eigenvalue weighted by atomic mass is 9.84. The lowest BCUT2D eigenvalue weighted by molar-refractivity contribution is -0.135. The number of rotatable bonds is 5. The van der Waals surface area contributed by atoms with Crippen molar-refractivity contribution in [3.05, 3.63) is 70.8 Å². The van der Waals surface area contributed by atoms with Crippen LogP contribution in [0.15, 0.2) is 53.6 Å². The van der Waals surface area contributed by atoms with Gasteiger partial charge < -0.3 is 4.74 Å². The zero-order valence-corrected chi connectivity index (χ0v) is 15.2. The maximum Gasteiger partial charge on any atom is 0.355 e. The Morgan fingerprint density at radius 1 is 1.00 bits per heavy atom. The Morgan fingerprint density at radius 3 is 2.15 bits per heavy atom. The van der Waals surface area contributed by atoms with Gasteiger partial charge in [0.2, 0.25) is 0 Å². The molecule has 5 heteroatoms. The molecule has 0 radical (unpaired) electrons. The molecule has 0 unspecified atom stereocenters. The van der Waals surface area contributed by atoms with E-state index >= 15 is 0 Å². The number of carbonyl (C=O) groups excluding carboxylic acids is 2. The van der Waals surface area contributed by atoms with Crippen molar-refractivity contribution in [2.24, 2.45) is 5.10 Å². The lowest BCUT2D eigenvalue weighted by Crippen LogP contribution is -2.37. The van der Waals surface area contributed by atoms with Gasteiger partial charge in [0.25, 0.3) is 0 Å². The molecule has 1 heterocycles. The number of nitrogens with zero attached hydrogens (tertiary/aromatic N) is 1. The van der Waals surface area contributed by atoms with Crippen LogP contribution in [0.4, 0.5) is 0 Å². The van der Waals surface area contributed by atoms with Crippen LogP contribution >= 0.6 is 0 Å². The molecule has 0 bridgehead atoms. The second-order valence-electron chi connectivity index (χ2n) is 6.44. The number of Topliss-reactive ketones (excluding diaryl/α,β-unsaturated/α-hetero) is 1. The highest BCUT2D eigenvalue weighted by Crippen LogP contribution is 2.29. The predicted octanol–water partition coefficient (Wildman–Crippen LogP) is 3.16. The Morgan fingerprint density at radius 2 is 1.58 bits per heavy atom. The van der Waals surface area contributed by atoms with Crippen molar-refractivity contribution in [2.45, 2.75) is 32.7 Å². The van der Waals surface area contributed by atoms with E-state index in [9.17, 15) is 9.59 Å². The van der Waals surface area contributed by atoms with Crippen LogP contribution in [0.1, 0.15) is 39.9 Å². The van der Waals surface area contributed by atoms with Crippen LogP contribution in [-0.4, -0.2) is 30.1 Å². The third kappa shape index (κ3) is 3.52. The summed E-state index contributed by atoms with van der Waals surface area (Å²) in [4.78, 5) is 25.4. The number of carbonyl (C=O) groups is 2. The highest BCUT2D eigenvalue weighted by atomic mass is 16.5. The van der Waals surface area contributed by atoms with Gasteiger partial charge >= 0.3 is 5.97 Å². The van der Waals surface area contributed by atoms with Crippen molar-refractivity contribution in [2.75, 3.05) is 6.61 Å². The van der Waals surface area contributed by atoms with Gasteiger partial charge in [0.1, 0.15) is 6.04 Å². The number of hydrogen-bond donors (Lipinski definition) is 1. The minimum Gasteiger partial charge on any atom is -0.461 e. The first-order valence-electron chi connectivity index (χ1n) is 8.69. The van der Waals surface area contributed by atoms with Crippen LogP contribution in [0.2, 0.25) is 0 Å². The van der Waals surface area contributed by atoms with Gasteiger partial charge in [-0.15, -0.1) is 0 Å². The summed E-state index contributed by atoms with van der Waals surface area (Å²) in [6, 6.07) is 14.5. The van der Waals surface area contributed by atoms with E-state index in [0.29, 0.717) is 5.56 Å². The van der Waals surface area contributed by atoms with Crippen LogP contribution in [0, 0.1) is 13.8 Å². The molecule has 2 atom stereocenters. The normalized spacial score (nSPS) is 18.8. The van der Waals surface area contributed by atoms with Crippen LogP contribution < -0.4 is 5.43 Å². The fraction of sp³-hybridized carbons (Fsp3) is 0.286. The van der Waals surface area contributed by atoms with E-state index in [1.54, 1.807) is 19.1 Å². The summed E-state index contributed by atoms with van der Waals surface area (Å²) in [5.74, 6) is -1.08. The second-order valence-corrected chi connectivity index (χ2v) is 6.44. The Balaban J connectivity index is 1.96. The van der Waals surface area contributed by atoms with Crippen molar-refractivity contribution >= 4 is 17.5 Å². The molecule has 1 N–H and O–H groups in total. The van der Waals surface area contributed by atoms with Crippen LogP contribution in [-0.2, 0) is 9.53 Å². The Kier molecular flexibility index (Phi) is 5.16. The minimum atomic E-state index is -0.639. The standard InChI is InChI=1S/C21H22N2O3/c1-4-26-21(25)19-17(15-9-5-13(2)6-10-15)18(22-23-19)20(24)16-11-7-14(3)8-12-16/h5-12,17-18,22H,4H2,1-3H3/t17-,18-/m1/s1. The molecule has 1 aliphatic heterocycles. The smallest absolute Gasteiger partial charge is 0.355 e. The SMILES string of the molecule is CCOC(=O)C1=NN[C@@H](C(=O)c2ccc(C)cc2)[C@H]1c1ccc(C)cc1. The zero-order chi connectivity index (χ0) is 18.7. The lowest BCUT2D eigenvalue weighted by Gasteiger charge is -2.20. The molecule has 0 spiro atoms. The van der Waals surface area contributed by atoms with Crippen LogP contribution in [0.5, 0.6) is 0 Å². The zero-order valence-electron chi connectivity index (χ0n) is 15.2. The number of hydrazone groups is 1. The number of benzene rings is 2. The average Bonchev–Trinajstić information content (AvgIpc) is 3.08. The first kappa shape index (κ1) is 17.9. The minimum absolute atomic E-state index is 0.0985. The van der Waals surface area contributed by atoms with Crippen molar-refractivity contribution in [3.63, 3.8) is 0 Å². The molecule has 5 nitrogen and oxygen atoms in total. The molecule has 1 aliphatic rings. The fourth-order valence-electron chi connectivity index (χ4n) is 3.05. The number of ketones is 1. The van der Waals surface area contributed by atoms with Crippen molar-refractivity contribution in [1.82, 2.24) is 5.43 Å². The Labute approximate surface area is 153 Å². The second kappa shape index (κ2) is 7.52. The van der Waals surface area contributed by atoms with Gasteiger partial charge in [0.05, 0.1) is 12.5 Å². The quantitative estimate of drug-likeness (QED) is 0.664. The summed E-state index contributed by atoms with van der Waals surface area (Å²) in [5.41, 5.74) is 6.73. The van der Waals surface area contributed by atoms with Gasteiger partial charge in [-0.3, -0.25) is 10.2 Å². The summed E-state index contributed by atoms with van der Waals surface area (Å²) in [6.07, 6.45) is 0. The van der Waals surface area contributed by atoms with E-state index in [2.05, 4.69) is 10.5 Å². The van der Waals surface area contributed by atoms with E-state index in [0.717, 1.165) is 16.7 Å². The molecular weight excluding hydrogens is 328 g/mol. The molecule has 0 saturated carbocycles. The topological polar surface area (TPSA) is 67.8 Å². The van der Waals surface area contributed by atoms with Crippen molar-refractivity contribution in [3.8, 4) is 0 Å². The van der Waals surface area contributed by atoms with Gasteiger partial charge in [-0.1, -0.05) is 59.7 Å². The van der Waals surface area contributed by atoms with Gasteiger partial charge in [0, 0.05) is 5.56 Å². The third-order valence-electron chi connectivity index (χ3n) is 4.49. The van der Waals surface area contributed by atoms with E-state index in [1.165, 1.54) is 0 Å². The van der Waals surface area contributed by atoms with Gasteiger partial charge in [-0.25, -0.2) is 4.79 Å². The Bertz CT molecular complexity index is 839. The first-order valence-corrected chi connectivity index (χ1v) is 8.69. The van der Waals surface area contributed by atoms with Gasteiger partial charge in [-0.05, 0) is 26.3 Å². The third-order valence-corrected chi connectivity index (χ3v) is 4.49. The van der Waals surface area contributed by atoms with Gasteiger partial charge in [0.15, 0.2) is 11.5 Å². The number of aryl methyl sites for hydroxylation is 2. The van der Waals surface area contributed by atoms with E-state index in [4.69, 9.17) is 4.74 Å². The highest BCUT2D eigenvalue weighted by Gasteiger charge is 2.41. The summed E-state index contributed by atoms with van der Waals surface area (Å²) in [5, 5.41) is 4.15. The molecule has 0 saturated heterocycles. The highest BCUT2D eigenvalue weighted by molar-refractivity contribution is 6.40. The van der Waals surface area contributed by atoms with E-state index in [-0.39, 0.29) is 18.1 Å². The molecule has 0 aliphatic carbocycles. The molecular formula is C21H22N2O3. The maximum absolute atomic E-state index is 13.0. The average molecular weight is 350 g/mol. The Hall–Kier alpha value is -2.95. The first-order chi connectivity index (χ1) is 12.5. The fourth-order valence-corrected chi connectivity index (χ4v) is 3.05. The molecule has 2 aromatic carbocycles. The molecule has 134 valence electrons. The molecule has 2 aromatic rings. The summed E-state index contributed by atoms with van der Waals surface area (Å²) in [7, 11) is 0.